The van der Waals surface area contributed by atoms with Crippen LogP contribution in [0.15, 0.2) is 30.9 Å². The maximum absolute atomic E-state index is 12.2. The number of carbonyl (C=O) groups is 1. The molecule has 0 unspecified atom stereocenters. The zero-order chi connectivity index (χ0) is 15.5. The lowest BCUT2D eigenvalue weighted by Crippen LogP contribution is -2.24. The zero-order valence-electron chi connectivity index (χ0n) is 11.5. The van der Waals surface area contributed by atoms with Gasteiger partial charge in [-0.25, -0.2) is 4.68 Å². The first-order chi connectivity index (χ1) is 10.6. The number of rotatable bonds is 4. The van der Waals surface area contributed by atoms with Crippen molar-refractivity contribution in [1.29, 1.82) is 0 Å². The minimum absolute atomic E-state index is 0.264. The second-order valence-electron chi connectivity index (χ2n) is 4.46. The molecule has 0 saturated carbocycles. The molecule has 3 aromatic rings. The Morgan fingerprint density at radius 1 is 1.32 bits per heavy atom. The van der Waals surface area contributed by atoms with E-state index in [-0.39, 0.29) is 12.5 Å². The summed E-state index contributed by atoms with van der Waals surface area (Å²) in [5.74, 6) is 0.353. The molecule has 1 N–H and O–H groups in total. The van der Waals surface area contributed by atoms with Crippen LogP contribution in [0.5, 0.6) is 0 Å². The van der Waals surface area contributed by atoms with E-state index >= 15 is 0 Å². The topological polar surface area (TPSA) is 103 Å². The Morgan fingerprint density at radius 2 is 2.18 bits per heavy atom. The molecule has 0 atom stereocenters. The fourth-order valence-electron chi connectivity index (χ4n) is 1.83. The predicted molar refractivity (Wildman–Crippen MR) is 76.3 cm³/mol. The van der Waals surface area contributed by atoms with Gasteiger partial charge in [0.05, 0.1) is 22.8 Å². The lowest BCUT2D eigenvalue weighted by Gasteiger charge is -2.08. The number of tetrazole rings is 1. The van der Waals surface area contributed by atoms with Gasteiger partial charge in [-0.15, -0.1) is 15.3 Å². The van der Waals surface area contributed by atoms with Crippen LogP contribution in [-0.2, 0) is 13.6 Å². The van der Waals surface area contributed by atoms with Crippen molar-refractivity contribution in [3.05, 3.63) is 47.3 Å². The highest BCUT2D eigenvalue weighted by Gasteiger charge is 2.12. The number of hydrogen-bond donors (Lipinski definition) is 1. The average Bonchev–Trinajstić information content (AvgIpc) is 3.16. The summed E-state index contributed by atoms with van der Waals surface area (Å²) in [5.41, 5.74) is 1.03. The van der Waals surface area contributed by atoms with E-state index in [9.17, 15) is 4.79 Å². The van der Waals surface area contributed by atoms with Gasteiger partial charge in [0.2, 0.25) is 0 Å². The summed E-state index contributed by atoms with van der Waals surface area (Å²) >= 11 is 6.16. The third-order valence-electron chi connectivity index (χ3n) is 3.02. The van der Waals surface area contributed by atoms with Crippen LogP contribution in [0.1, 0.15) is 16.2 Å². The summed E-state index contributed by atoms with van der Waals surface area (Å²) in [6.45, 7) is 0.264. The molecule has 1 aromatic carbocycles. The number of aromatic nitrogens is 7. The molecule has 0 fully saturated rings. The lowest BCUT2D eigenvalue weighted by molar-refractivity contribution is 0.0949. The van der Waals surface area contributed by atoms with Gasteiger partial charge in [-0.05, 0) is 28.6 Å². The van der Waals surface area contributed by atoms with E-state index in [0.717, 1.165) is 0 Å². The van der Waals surface area contributed by atoms with E-state index in [0.29, 0.717) is 22.1 Å². The standard InChI is InChI=1S/C12H11ClN8O/c1-20-6-15-17-11(20)5-14-12(22)9-3-2-8(4-10(9)13)21-7-16-18-19-21/h2-4,6-7H,5H2,1H3,(H,14,22). The monoisotopic (exact) mass is 318 g/mol. The first-order valence-electron chi connectivity index (χ1n) is 6.29. The molecule has 10 heteroatoms. The molecule has 0 bridgehead atoms. The van der Waals surface area contributed by atoms with E-state index < -0.39 is 0 Å². The number of halogens is 1. The van der Waals surface area contributed by atoms with Gasteiger partial charge in [0.15, 0.2) is 5.82 Å². The summed E-state index contributed by atoms with van der Waals surface area (Å²) in [5, 5.41) is 21.5. The Morgan fingerprint density at radius 3 is 2.82 bits per heavy atom. The number of nitrogens with one attached hydrogen (secondary N) is 1. The molecule has 0 aliphatic carbocycles. The highest BCUT2D eigenvalue weighted by atomic mass is 35.5. The Bertz CT molecular complexity index is 797. The molecule has 0 saturated heterocycles. The van der Waals surface area contributed by atoms with Crippen molar-refractivity contribution in [2.45, 2.75) is 6.54 Å². The van der Waals surface area contributed by atoms with Crippen LogP contribution in [0.3, 0.4) is 0 Å². The molecule has 3 rings (SSSR count). The van der Waals surface area contributed by atoms with E-state index in [1.165, 1.54) is 11.0 Å². The van der Waals surface area contributed by atoms with E-state index in [4.69, 9.17) is 11.6 Å². The quantitative estimate of drug-likeness (QED) is 0.745. The van der Waals surface area contributed by atoms with Crippen LogP contribution in [0.4, 0.5) is 0 Å². The van der Waals surface area contributed by atoms with Crippen LogP contribution >= 0.6 is 11.6 Å². The summed E-state index contributed by atoms with van der Waals surface area (Å²) in [4.78, 5) is 12.2. The normalized spacial score (nSPS) is 10.6. The molecule has 1 amide bonds. The summed E-state index contributed by atoms with van der Waals surface area (Å²) in [7, 11) is 1.80. The number of benzene rings is 1. The fourth-order valence-corrected chi connectivity index (χ4v) is 2.09. The van der Waals surface area contributed by atoms with Gasteiger partial charge in [-0.3, -0.25) is 4.79 Å². The number of nitrogens with zero attached hydrogens (tertiary/aromatic N) is 7. The third-order valence-corrected chi connectivity index (χ3v) is 3.34. The highest BCUT2D eigenvalue weighted by Crippen LogP contribution is 2.19. The van der Waals surface area contributed by atoms with E-state index in [2.05, 4.69) is 31.0 Å². The summed E-state index contributed by atoms with van der Waals surface area (Å²) < 4.78 is 3.18. The third kappa shape index (κ3) is 2.79. The molecule has 0 spiro atoms. The molecule has 2 heterocycles. The van der Waals surface area contributed by atoms with Crippen LogP contribution in [-0.4, -0.2) is 40.9 Å². The molecular weight excluding hydrogens is 308 g/mol. The van der Waals surface area contributed by atoms with Crippen molar-refractivity contribution < 1.29 is 4.79 Å². The lowest BCUT2D eigenvalue weighted by atomic mass is 10.2. The maximum atomic E-state index is 12.2. The molecule has 0 aliphatic heterocycles. The van der Waals surface area contributed by atoms with E-state index in [1.807, 2.05) is 0 Å². The Balaban J connectivity index is 1.74. The molecular formula is C12H11ClN8O. The van der Waals surface area contributed by atoms with Crippen molar-refractivity contribution in [2.75, 3.05) is 0 Å². The zero-order valence-corrected chi connectivity index (χ0v) is 12.3. The van der Waals surface area contributed by atoms with Gasteiger partial charge in [0, 0.05) is 7.05 Å². The van der Waals surface area contributed by atoms with Gasteiger partial charge in [-0.2, -0.15) is 0 Å². The van der Waals surface area contributed by atoms with Gasteiger partial charge < -0.3 is 9.88 Å². The van der Waals surface area contributed by atoms with Crippen LogP contribution in [0.2, 0.25) is 5.02 Å². The largest absolute Gasteiger partial charge is 0.345 e. The Hall–Kier alpha value is -2.81. The maximum Gasteiger partial charge on any atom is 0.253 e. The van der Waals surface area contributed by atoms with Crippen LogP contribution in [0.25, 0.3) is 5.69 Å². The minimum atomic E-state index is -0.295. The Labute approximate surface area is 129 Å². The second-order valence-corrected chi connectivity index (χ2v) is 4.87. The summed E-state index contributed by atoms with van der Waals surface area (Å²) in [6.07, 6.45) is 3.01. The van der Waals surface area contributed by atoms with Gasteiger partial charge in [-0.1, -0.05) is 11.6 Å². The molecule has 0 aliphatic rings. The average molecular weight is 319 g/mol. The summed E-state index contributed by atoms with van der Waals surface area (Å²) in [6, 6.07) is 4.94. The number of amides is 1. The predicted octanol–water partition coefficient (Wildman–Crippen LogP) is 0.374. The van der Waals surface area contributed by atoms with Crippen LogP contribution in [0, 0.1) is 0 Å². The van der Waals surface area contributed by atoms with Crippen LogP contribution < -0.4 is 5.32 Å². The number of aryl methyl sites for hydroxylation is 1. The fraction of sp³-hybridized carbons (Fsp3) is 0.167. The first kappa shape index (κ1) is 14.1. The molecule has 22 heavy (non-hydrogen) atoms. The number of carbonyl (C=O) groups excluding carboxylic acids is 1. The second kappa shape index (κ2) is 5.90. The SMILES string of the molecule is Cn1cnnc1CNC(=O)c1ccc(-n2cnnn2)cc1Cl. The van der Waals surface area contributed by atoms with Gasteiger partial charge in [0.25, 0.3) is 5.91 Å². The van der Waals surface area contributed by atoms with Crippen molar-refractivity contribution in [1.82, 2.24) is 40.3 Å². The van der Waals surface area contributed by atoms with Crippen molar-refractivity contribution in [3.63, 3.8) is 0 Å². The van der Waals surface area contributed by atoms with Gasteiger partial charge in [0.1, 0.15) is 12.7 Å². The van der Waals surface area contributed by atoms with Crippen molar-refractivity contribution in [3.8, 4) is 5.69 Å². The van der Waals surface area contributed by atoms with Gasteiger partial charge >= 0.3 is 0 Å². The molecule has 9 nitrogen and oxygen atoms in total. The Kier molecular flexibility index (Phi) is 3.79. The minimum Gasteiger partial charge on any atom is -0.345 e. The highest BCUT2D eigenvalue weighted by molar-refractivity contribution is 6.34. The molecule has 0 radical (unpaired) electrons. The first-order valence-corrected chi connectivity index (χ1v) is 6.67. The molecule has 112 valence electrons. The van der Waals surface area contributed by atoms with E-state index in [1.54, 1.807) is 36.1 Å². The van der Waals surface area contributed by atoms with Crippen molar-refractivity contribution >= 4 is 17.5 Å². The van der Waals surface area contributed by atoms with Crippen molar-refractivity contribution in [2.24, 2.45) is 7.05 Å². The smallest absolute Gasteiger partial charge is 0.253 e. The molecule has 2 aromatic heterocycles. The number of hydrogen-bond acceptors (Lipinski definition) is 6.